The highest BCUT2D eigenvalue weighted by Gasteiger charge is 2.24. The Morgan fingerprint density at radius 3 is 2.38 bits per heavy atom. The number of hydrogen-bond acceptors (Lipinski definition) is 3. The maximum Gasteiger partial charge on any atom is 0.332 e. The van der Waals surface area contributed by atoms with Gasteiger partial charge in [-0.2, -0.15) is 0 Å². The Hall–Kier alpha value is -1.94. The van der Waals surface area contributed by atoms with E-state index in [-0.39, 0.29) is 35.2 Å². The molecule has 0 saturated heterocycles. The van der Waals surface area contributed by atoms with Crippen LogP contribution in [0.15, 0.2) is 46.2 Å². The van der Waals surface area contributed by atoms with Crippen LogP contribution in [0, 0.1) is 0 Å². The van der Waals surface area contributed by atoms with E-state index in [9.17, 15) is 9.59 Å². The second-order valence-corrected chi connectivity index (χ2v) is 8.21. The zero-order chi connectivity index (χ0) is 20.5. The molecule has 1 aromatic carbocycles. The second-order valence-electron chi connectivity index (χ2n) is 8.21. The van der Waals surface area contributed by atoms with Crippen molar-refractivity contribution in [3.63, 3.8) is 0 Å². The molecule has 0 aliphatic carbocycles. The first-order valence-corrected chi connectivity index (χ1v) is 9.70. The van der Waals surface area contributed by atoms with Crippen LogP contribution in [0.25, 0.3) is 11.2 Å². The third kappa shape index (κ3) is 4.80. The minimum absolute atomic E-state index is 0. The van der Waals surface area contributed by atoms with Gasteiger partial charge in [-0.3, -0.25) is 13.9 Å². The van der Waals surface area contributed by atoms with Crippen molar-refractivity contribution in [1.82, 2.24) is 18.7 Å². The van der Waals surface area contributed by atoms with Gasteiger partial charge in [0.2, 0.25) is 0 Å². The second kappa shape index (κ2) is 9.25. The summed E-state index contributed by atoms with van der Waals surface area (Å²) in [6.45, 7) is 3.97. The summed E-state index contributed by atoms with van der Waals surface area (Å²) in [7, 11) is 7.66. The molecule has 3 aromatic rings. The van der Waals surface area contributed by atoms with Gasteiger partial charge in [-0.15, -0.1) is 0 Å². The minimum atomic E-state index is -0.352. The largest absolute Gasteiger partial charge is 1.00 e. The van der Waals surface area contributed by atoms with Gasteiger partial charge in [-0.1, -0.05) is 30.3 Å². The van der Waals surface area contributed by atoms with E-state index in [4.69, 9.17) is 0 Å². The molecule has 1 atom stereocenters. The van der Waals surface area contributed by atoms with Crippen LogP contribution in [0.2, 0.25) is 0 Å². The molecule has 0 amide bonds. The van der Waals surface area contributed by atoms with E-state index in [2.05, 4.69) is 50.3 Å². The van der Waals surface area contributed by atoms with E-state index >= 15 is 0 Å². The van der Waals surface area contributed by atoms with E-state index in [1.807, 2.05) is 10.6 Å². The predicted octanol–water partition coefficient (Wildman–Crippen LogP) is -1.46. The number of halogens is 1. The normalized spacial score (nSPS) is 12.7. The molecule has 7 nitrogen and oxygen atoms in total. The number of aryl methyl sites for hydroxylation is 2. The molecule has 0 saturated carbocycles. The number of rotatable bonds is 7. The minimum Gasteiger partial charge on any atom is -1.00 e. The first-order chi connectivity index (χ1) is 13.2. The Morgan fingerprint density at radius 2 is 1.72 bits per heavy atom. The fourth-order valence-electron chi connectivity index (χ4n) is 3.64. The molecule has 0 fully saturated rings. The number of likely N-dealkylation sites (N-methyl/N-ethyl adjacent to an activating group) is 1. The average molecular weight is 511 g/mol. The molecule has 0 N–H and O–H groups in total. The van der Waals surface area contributed by atoms with E-state index < -0.39 is 0 Å². The highest BCUT2D eigenvalue weighted by Crippen LogP contribution is 2.15. The summed E-state index contributed by atoms with van der Waals surface area (Å²) < 4.78 is 5.34. The fraction of sp³-hybridized carbons (Fsp3) is 0.476. The molecule has 158 valence electrons. The van der Waals surface area contributed by atoms with Crippen molar-refractivity contribution in [2.45, 2.75) is 32.4 Å². The summed E-state index contributed by atoms with van der Waals surface area (Å²) in [6.07, 6.45) is 3.62. The number of nitrogens with zero attached hydrogens (tertiary/aromatic N) is 5. The van der Waals surface area contributed by atoms with Crippen molar-refractivity contribution in [3.05, 3.63) is 63.1 Å². The van der Waals surface area contributed by atoms with Gasteiger partial charge >= 0.3 is 5.69 Å². The van der Waals surface area contributed by atoms with Crippen LogP contribution < -0.4 is 35.2 Å². The SMILES string of the molecule is CC(Cc1ccccc1)[N+](C)(C)CCCn1cnc2c1c(=O)n(C)c(=O)n2C.[I-]. The van der Waals surface area contributed by atoms with Crippen molar-refractivity contribution in [3.8, 4) is 0 Å². The van der Waals surface area contributed by atoms with Crippen molar-refractivity contribution in [2.75, 3.05) is 20.6 Å². The highest BCUT2D eigenvalue weighted by molar-refractivity contribution is 5.69. The zero-order valence-corrected chi connectivity index (χ0v) is 20.0. The Bertz CT molecular complexity index is 1080. The average Bonchev–Trinajstić information content (AvgIpc) is 3.09. The van der Waals surface area contributed by atoms with E-state index in [0.29, 0.717) is 23.8 Å². The number of fused-ring (bicyclic) bond motifs is 1. The zero-order valence-electron chi connectivity index (χ0n) is 17.8. The molecule has 2 aromatic heterocycles. The monoisotopic (exact) mass is 511 g/mol. The van der Waals surface area contributed by atoms with E-state index in [1.54, 1.807) is 13.4 Å². The van der Waals surface area contributed by atoms with Gasteiger partial charge in [0.1, 0.15) is 0 Å². The summed E-state index contributed by atoms with van der Waals surface area (Å²) in [5.74, 6) is 0. The quantitative estimate of drug-likeness (QED) is 0.288. The van der Waals surface area contributed by atoms with Crippen LogP contribution in [-0.2, 0) is 27.1 Å². The molecule has 0 radical (unpaired) electrons. The van der Waals surface area contributed by atoms with Gasteiger partial charge in [-0.25, -0.2) is 9.78 Å². The summed E-state index contributed by atoms with van der Waals surface area (Å²) in [6, 6.07) is 11.0. The van der Waals surface area contributed by atoms with Gasteiger partial charge in [0.25, 0.3) is 5.56 Å². The summed E-state index contributed by atoms with van der Waals surface area (Å²) in [5.41, 5.74) is 1.65. The topological polar surface area (TPSA) is 61.8 Å². The van der Waals surface area contributed by atoms with Gasteiger partial charge in [0, 0.05) is 33.5 Å². The molecule has 0 bridgehead atoms. The lowest BCUT2D eigenvalue weighted by molar-refractivity contribution is -0.913. The van der Waals surface area contributed by atoms with Crippen molar-refractivity contribution in [1.29, 1.82) is 0 Å². The molecule has 0 spiro atoms. The lowest BCUT2D eigenvalue weighted by atomic mass is 10.0. The molecule has 0 aliphatic rings. The lowest BCUT2D eigenvalue weighted by Gasteiger charge is -2.36. The van der Waals surface area contributed by atoms with Crippen LogP contribution in [-0.4, -0.2) is 49.9 Å². The first-order valence-electron chi connectivity index (χ1n) is 9.70. The summed E-state index contributed by atoms with van der Waals surface area (Å²) in [4.78, 5) is 28.9. The molecule has 29 heavy (non-hydrogen) atoms. The number of hydrogen-bond donors (Lipinski definition) is 0. The maximum atomic E-state index is 12.5. The molecule has 1 unspecified atom stereocenters. The standard InChI is InChI=1S/C21H30N5O2.HI/c1-16(14-17-10-7-6-8-11-17)26(4,5)13-9-12-25-15-22-19-18(25)20(27)24(3)21(28)23(19)2;/h6-8,10-11,15-16H,9,12-14H2,1-5H3;1H/q+1;/p-1. The Balaban J connectivity index is 0.00000300. The van der Waals surface area contributed by atoms with E-state index in [1.165, 1.54) is 17.2 Å². The number of quaternary nitrogens is 1. The Labute approximate surface area is 188 Å². The van der Waals surface area contributed by atoms with Crippen molar-refractivity contribution >= 4 is 11.2 Å². The molecular formula is C21H30IN5O2. The van der Waals surface area contributed by atoms with Crippen molar-refractivity contribution < 1.29 is 28.5 Å². The third-order valence-electron chi connectivity index (χ3n) is 5.92. The van der Waals surface area contributed by atoms with Crippen LogP contribution in [0.1, 0.15) is 18.9 Å². The van der Waals surface area contributed by atoms with Crippen LogP contribution in [0.5, 0.6) is 0 Å². The van der Waals surface area contributed by atoms with Crippen molar-refractivity contribution in [2.24, 2.45) is 14.1 Å². The first kappa shape index (κ1) is 23.3. The Kier molecular flexibility index (Phi) is 7.45. The van der Waals surface area contributed by atoms with Gasteiger partial charge in [-0.05, 0) is 12.5 Å². The van der Waals surface area contributed by atoms with Crippen LogP contribution in [0.4, 0.5) is 0 Å². The molecule has 2 heterocycles. The molecular weight excluding hydrogens is 481 g/mol. The number of aromatic nitrogens is 4. The summed E-state index contributed by atoms with van der Waals surface area (Å²) in [5, 5.41) is 0. The number of benzene rings is 1. The number of imidazole rings is 1. The summed E-state index contributed by atoms with van der Waals surface area (Å²) >= 11 is 0. The maximum absolute atomic E-state index is 12.5. The highest BCUT2D eigenvalue weighted by atomic mass is 127. The van der Waals surface area contributed by atoms with Crippen LogP contribution in [0.3, 0.4) is 0 Å². The van der Waals surface area contributed by atoms with Gasteiger partial charge in [0.05, 0.1) is 33.0 Å². The molecule has 8 heteroatoms. The lowest BCUT2D eigenvalue weighted by Crippen LogP contribution is -3.00. The fourth-order valence-corrected chi connectivity index (χ4v) is 3.64. The van der Waals surface area contributed by atoms with E-state index in [0.717, 1.165) is 28.4 Å². The molecule has 0 aliphatic heterocycles. The Morgan fingerprint density at radius 1 is 1.07 bits per heavy atom. The van der Waals surface area contributed by atoms with Gasteiger partial charge in [0.15, 0.2) is 11.2 Å². The van der Waals surface area contributed by atoms with Crippen LogP contribution >= 0.6 is 0 Å². The molecule has 3 rings (SSSR count). The smallest absolute Gasteiger partial charge is 0.332 e. The predicted molar refractivity (Wildman–Crippen MR) is 111 cm³/mol. The van der Waals surface area contributed by atoms with Gasteiger partial charge < -0.3 is 33.0 Å². The third-order valence-corrected chi connectivity index (χ3v) is 5.92.